The summed E-state index contributed by atoms with van der Waals surface area (Å²) < 4.78 is 29.2. The second-order valence-corrected chi connectivity index (χ2v) is 10.8. The monoisotopic (exact) mass is 580 g/mol. The van der Waals surface area contributed by atoms with Crippen molar-refractivity contribution in [2.75, 3.05) is 17.1 Å². The van der Waals surface area contributed by atoms with Crippen molar-refractivity contribution in [1.29, 1.82) is 0 Å². The van der Waals surface area contributed by atoms with Gasteiger partial charge in [0.25, 0.3) is 5.91 Å². The molecule has 0 radical (unpaired) electrons. The maximum absolute atomic E-state index is 12.4. The standard InChI is InChI=1S/C22H22Br2N4O3S/c1-15-11-17(16(2)28(15)21-10-5-4-9-20(21)24)13-25-26-22(29)14-27(32(3,30)31)19-8-6-7-18(23)12-19/h4-13H,14H2,1-3H3,(H,26,29)/b25-13-. The largest absolute Gasteiger partial charge is 0.317 e. The Kier molecular flexibility index (Phi) is 7.58. The van der Waals surface area contributed by atoms with Gasteiger partial charge < -0.3 is 4.57 Å². The Morgan fingerprint density at radius 1 is 1.12 bits per heavy atom. The minimum absolute atomic E-state index is 0.386. The van der Waals surface area contributed by atoms with Crippen molar-refractivity contribution in [3.8, 4) is 5.69 Å². The van der Waals surface area contributed by atoms with Crippen LogP contribution in [-0.2, 0) is 14.8 Å². The number of nitrogens with one attached hydrogen (secondary N) is 1. The highest BCUT2D eigenvalue weighted by atomic mass is 79.9. The number of sulfonamides is 1. The van der Waals surface area contributed by atoms with Gasteiger partial charge in [-0.1, -0.05) is 34.1 Å². The fraction of sp³-hybridized carbons (Fsp3) is 0.182. The van der Waals surface area contributed by atoms with Crippen molar-refractivity contribution < 1.29 is 13.2 Å². The summed E-state index contributed by atoms with van der Waals surface area (Å²) in [5.74, 6) is -0.550. The van der Waals surface area contributed by atoms with Gasteiger partial charge in [0.1, 0.15) is 6.54 Å². The number of para-hydroxylation sites is 1. The lowest BCUT2D eigenvalue weighted by Crippen LogP contribution is -2.39. The van der Waals surface area contributed by atoms with E-state index in [1.165, 1.54) is 0 Å². The molecule has 168 valence electrons. The first-order valence-electron chi connectivity index (χ1n) is 9.57. The van der Waals surface area contributed by atoms with Crippen molar-refractivity contribution in [3.05, 3.63) is 80.5 Å². The highest BCUT2D eigenvalue weighted by Gasteiger charge is 2.21. The number of hydrazone groups is 1. The van der Waals surface area contributed by atoms with E-state index in [0.29, 0.717) is 10.2 Å². The van der Waals surface area contributed by atoms with Crippen LogP contribution in [0.25, 0.3) is 5.69 Å². The normalized spacial score (nSPS) is 11.7. The zero-order chi connectivity index (χ0) is 23.5. The van der Waals surface area contributed by atoms with Crippen molar-refractivity contribution in [3.63, 3.8) is 0 Å². The predicted octanol–water partition coefficient (Wildman–Crippen LogP) is 4.54. The van der Waals surface area contributed by atoms with E-state index in [-0.39, 0.29) is 6.54 Å². The second kappa shape index (κ2) is 10.0. The fourth-order valence-electron chi connectivity index (χ4n) is 3.29. The zero-order valence-electron chi connectivity index (χ0n) is 17.7. The Hall–Kier alpha value is -2.43. The quantitative estimate of drug-likeness (QED) is 0.328. The van der Waals surface area contributed by atoms with Crippen LogP contribution in [0, 0.1) is 13.8 Å². The lowest BCUT2D eigenvalue weighted by atomic mass is 10.2. The Morgan fingerprint density at radius 3 is 2.50 bits per heavy atom. The van der Waals surface area contributed by atoms with E-state index in [4.69, 9.17) is 0 Å². The predicted molar refractivity (Wildman–Crippen MR) is 135 cm³/mol. The number of hydrogen-bond acceptors (Lipinski definition) is 4. The van der Waals surface area contributed by atoms with Crippen LogP contribution in [0.4, 0.5) is 5.69 Å². The van der Waals surface area contributed by atoms with E-state index < -0.39 is 15.9 Å². The van der Waals surface area contributed by atoms with Gasteiger partial charge in [0, 0.05) is 25.9 Å². The Labute approximate surface area is 204 Å². The molecule has 0 atom stereocenters. The van der Waals surface area contributed by atoms with Gasteiger partial charge in [0.05, 0.1) is 23.8 Å². The molecule has 1 amide bonds. The van der Waals surface area contributed by atoms with Crippen LogP contribution in [0.3, 0.4) is 0 Å². The molecule has 3 aromatic rings. The molecule has 7 nitrogen and oxygen atoms in total. The van der Waals surface area contributed by atoms with E-state index in [0.717, 1.165) is 37.7 Å². The van der Waals surface area contributed by atoms with E-state index >= 15 is 0 Å². The third-order valence-electron chi connectivity index (χ3n) is 4.74. The number of amides is 1. The summed E-state index contributed by atoms with van der Waals surface area (Å²) in [6.07, 6.45) is 2.61. The first kappa shape index (κ1) is 24.2. The topological polar surface area (TPSA) is 83.8 Å². The van der Waals surface area contributed by atoms with Gasteiger partial charge in [-0.05, 0) is 66.2 Å². The number of aryl methyl sites for hydroxylation is 1. The SMILES string of the molecule is Cc1cc(/C=N\NC(=O)CN(c2cccc(Br)c2)S(C)(=O)=O)c(C)n1-c1ccccc1Br. The number of benzene rings is 2. The highest BCUT2D eigenvalue weighted by molar-refractivity contribution is 9.10. The number of anilines is 1. The second-order valence-electron chi connectivity index (χ2n) is 7.16. The van der Waals surface area contributed by atoms with Crippen LogP contribution in [0.1, 0.15) is 17.0 Å². The third-order valence-corrected chi connectivity index (χ3v) is 7.04. The molecule has 1 heterocycles. The molecule has 0 spiro atoms. The number of rotatable bonds is 7. The van der Waals surface area contributed by atoms with E-state index in [1.807, 2.05) is 44.2 Å². The van der Waals surface area contributed by atoms with Crippen molar-refractivity contribution >= 4 is 59.7 Å². The molecular weight excluding hydrogens is 560 g/mol. The number of carbonyl (C=O) groups is 1. The van der Waals surface area contributed by atoms with Gasteiger partial charge in [-0.15, -0.1) is 0 Å². The van der Waals surface area contributed by atoms with Gasteiger partial charge in [0.15, 0.2) is 0 Å². The molecule has 2 aromatic carbocycles. The lowest BCUT2D eigenvalue weighted by molar-refractivity contribution is -0.119. The number of aromatic nitrogens is 1. The van der Waals surface area contributed by atoms with Crippen molar-refractivity contribution in [2.45, 2.75) is 13.8 Å². The molecule has 0 aliphatic heterocycles. The van der Waals surface area contributed by atoms with Gasteiger partial charge in [-0.25, -0.2) is 13.8 Å². The molecule has 0 bridgehead atoms. The molecule has 0 unspecified atom stereocenters. The summed E-state index contributed by atoms with van der Waals surface area (Å²) in [5.41, 5.74) is 6.62. The summed E-state index contributed by atoms with van der Waals surface area (Å²) in [6.45, 7) is 3.57. The summed E-state index contributed by atoms with van der Waals surface area (Å²) in [4.78, 5) is 12.4. The van der Waals surface area contributed by atoms with Crippen LogP contribution >= 0.6 is 31.9 Å². The summed E-state index contributed by atoms with van der Waals surface area (Å²) in [7, 11) is -3.66. The number of nitrogens with zero attached hydrogens (tertiary/aromatic N) is 3. The summed E-state index contributed by atoms with van der Waals surface area (Å²) >= 11 is 6.89. The van der Waals surface area contributed by atoms with Crippen molar-refractivity contribution in [1.82, 2.24) is 9.99 Å². The maximum atomic E-state index is 12.4. The van der Waals surface area contributed by atoms with E-state index in [9.17, 15) is 13.2 Å². The summed E-state index contributed by atoms with van der Waals surface area (Å²) in [5, 5.41) is 4.04. The molecule has 32 heavy (non-hydrogen) atoms. The summed E-state index contributed by atoms with van der Waals surface area (Å²) in [6, 6.07) is 16.6. The molecule has 1 aromatic heterocycles. The van der Waals surface area contributed by atoms with Crippen molar-refractivity contribution in [2.24, 2.45) is 5.10 Å². The smallest absolute Gasteiger partial charge is 0.260 e. The minimum Gasteiger partial charge on any atom is -0.317 e. The average molecular weight is 582 g/mol. The first-order chi connectivity index (χ1) is 15.1. The van der Waals surface area contributed by atoms with Crippen LogP contribution in [0.15, 0.2) is 68.6 Å². The molecule has 0 fully saturated rings. The molecule has 0 aliphatic carbocycles. The number of halogens is 2. The van der Waals surface area contributed by atoms with E-state index in [2.05, 4.69) is 47.0 Å². The van der Waals surface area contributed by atoms with Gasteiger partial charge in [-0.2, -0.15) is 5.10 Å². The molecule has 3 rings (SSSR count). The highest BCUT2D eigenvalue weighted by Crippen LogP contribution is 2.26. The zero-order valence-corrected chi connectivity index (χ0v) is 21.7. The van der Waals surface area contributed by atoms with Gasteiger partial charge in [-0.3, -0.25) is 9.10 Å². The lowest BCUT2D eigenvalue weighted by Gasteiger charge is -2.21. The first-order valence-corrected chi connectivity index (χ1v) is 13.0. The van der Waals surface area contributed by atoms with E-state index in [1.54, 1.807) is 30.5 Å². The minimum atomic E-state index is -3.66. The van der Waals surface area contributed by atoms with Crippen LogP contribution in [-0.4, -0.2) is 37.9 Å². The molecular formula is C22H22Br2N4O3S. The number of carbonyl (C=O) groups excluding carboxylic acids is 1. The Balaban J connectivity index is 1.75. The van der Waals surface area contributed by atoms with Gasteiger partial charge >= 0.3 is 0 Å². The number of hydrogen-bond donors (Lipinski definition) is 1. The van der Waals surface area contributed by atoms with Crippen LogP contribution in [0.5, 0.6) is 0 Å². The Bertz CT molecular complexity index is 1290. The van der Waals surface area contributed by atoms with Crippen LogP contribution in [0.2, 0.25) is 0 Å². The maximum Gasteiger partial charge on any atom is 0.260 e. The van der Waals surface area contributed by atoms with Crippen LogP contribution < -0.4 is 9.73 Å². The third kappa shape index (κ3) is 5.67. The average Bonchev–Trinajstić information content (AvgIpc) is 2.99. The molecule has 10 heteroatoms. The molecule has 0 aliphatic rings. The molecule has 1 N–H and O–H groups in total. The Morgan fingerprint density at radius 2 is 1.84 bits per heavy atom. The fourth-order valence-corrected chi connectivity index (χ4v) is 4.99. The molecule has 0 saturated carbocycles. The molecule has 0 saturated heterocycles. The van der Waals surface area contributed by atoms with Gasteiger partial charge in [0.2, 0.25) is 10.0 Å².